The van der Waals surface area contributed by atoms with Crippen LogP contribution in [-0.2, 0) is 0 Å². The van der Waals surface area contributed by atoms with Gasteiger partial charge in [0.2, 0.25) is 0 Å². The summed E-state index contributed by atoms with van der Waals surface area (Å²) in [6.07, 6.45) is 15.2. The second kappa shape index (κ2) is 12.7. The molecule has 2 aliphatic rings. The normalized spacial score (nSPS) is 34.5. The van der Waals surface area contributed by atoms with Gasteiger partial charge in [-0.25, -0.2) is 0 Å². The van der Waals surface area contributed by atoms with Crippen LogP contribution in [0.25, 0.3) is 0 Å². The first kappa shape index (κ1) is 20.0. The van der Waals surface area contributed by atoms with Crippen molar-refractivity contribution in [2.75, 3.05) is 0 Å². The molecule has 0 aromatic rings. The molecule has 0 aliphatic heterocycles. The molecule has 0 radical (unpaired) electrons. The van der Waals surface area contributed by atoms with Gasteiger partial charge in [0.1, 0.15) is 0 Å². The largest absolute Gasteiger partial charge is 0.0683 e. The predicted molar refractivity (Wildman–Crippen MR) is 94.2 cm³/mol. The summed E-state index contributed by atoms with van der Waals surface area (Å²) in [5, 5.41) is 0. The summed E-state index contributed by atoms with van der Waals surface area (Å²) >= 11 is 0. The Kier molecular flexibility index (Phi) is 12.7. The van der Waals surface area contributed by atoms with Crippen LogP contribution in [0.2, 0.25) is 0 Å². The Balaban J connectivity index is 0.000000829. The van der Waals surface area contributed by atoms with Gasteiger partial charge in [0.05, 0.1) is 0 Å². The molecule has 0 nitrogen and oxygen atoms in total. The zero-order valence-corrected chi connectivity index (χ0v) is 15.4. The third-order valence-corrected chi connectivity index (χ3v) is 5.27. The second-order valence-electron chi connectivity index (χ2n) is 6.75. The molecule has 0 bridgehead atoms. The maximum Gasteiger partial charge on any atom is -0.0386 e. The molecule has 0 saturated heterocycles. The van der Waals surface area contributed by atoms with Crippen LogP contribution in [0.15, 0.2) is 0 Å². The lowest BCUT2D eigenvalue weighted by molar-refractivity contribution is 0.264. The van der Waals surface area contributed by atoms with Gasteiger partial charge in [0, 0.05) is 0 Å². The van der Waals surface area contributed by atoms with Crippen LogP contribution in [0.1, 0.15) is 106 Å². The van der Waals surface area contributed by atoms with Crippen LogP contribution in [-0.4, -0.2) is 0 Å². The van der Waals surface area contributed by atoms with Crippen molar-refractivity contribution < 1.29 is 0 Å². The molecule has 0 amide bonds. The molecule has 2 aliphatic carbocycles. The van der Waals surface area contributed by atoms with E-state index < -0.39 is 0 Å². The fraction of sp³-hybridized carbons (Fsp3) is 1.00. The third kappa shape index (κ3) is 7.70. The van der Waals surface area contributed by atoms with Crippen LogP contribution in [0.3, 0.4) is 0 Å². The average molecular weight is 283 g/mol. The molecule has 2 saturated carbocycles. The summed E-state index contributed by atoms with van der Waals surface area (Å²) in [5.41, 5.74) is 0. The zero-order chi connectivity index (χ0) is 15.4. The summed E-state index contributed by atoms with van der Waals surface area (Å²) in [5.74, 6) is 4.20. The van der Waals surface area contributed by atoms with Crippen molar-refractivity contribution in [3.05, 3.63) is 0 Å². The number of rotatable bonds is 1. The average Bonchev–Trinajstić information content (AvgIpc) is 2.83. The monoisotopic (exact) mass is 282 g/mol. The highest BCUT2D eigenvalue weighted by molar-refractivity contribution is 4.77. The van der Waals surface area contributed by atoms with E-state index in [1.165, 1.54) is 38.5 Å². The summed E-state index contributed by atoms with van der Waals surface area (Å²) in [6, 6.07) is 0. The van der Waals surface area contributed by atoms with Crippen LogP contribution in [0.4, 0.5) is 0 Å². The van der Waals surface area contributed by atoms with Crippen molar-refractivity contribution in [2.24, 2.45) is 23.7 Å². The molecule has 4 unspecified atom stereocenters. The fourth-order valence-corrected chi connectivity index (χ4v) is 3.97. The van der Waals surface area contributed by atoms with Crippen molar-refractivity contribution in [1.82, 2.24) is 0 Å². The molecular formula is C20H42. The molecule has 122 valence electrons. The molecule has 0 spiro atoms. The number of hydrogen-bond donors (Lipinski definition) is 0. The van der Waals surface area contributed by atoms with Gasteiger partial charge in [-0.1, -0.05) is 92.9 Å². The lowest BCUT2D eigenvalue weighted by Gasteiger charge is -2.25. The minimum atomic E-state index is 1.01. The van der Waals surface area contributed by atoms with E-state index in [2.05, 4.69) is 13.8 Å². The van der Waals surface area contributed by atoms with E-state index in [1.807, 2.05) is 27.7 Å². The van der Waals surface area contributed by atoms with Gasteiger partial charge >= 0.3 is 0 Å². The predicted octanol–water partition coefficient (Wildman–Crippen LogP) is 7.47. The van der Waals surface area contributed by atoms with Crippen molar-refractivity contribution >= 4 is 0 Å². The quantitative estimate of drug-likeness (QED) is 0.437. The summed E-state index contributed by atoms with van der Waals surface area (Å²) < 4.78 is 0. The highest BCUT2D eigenvalue weighted by Gasteiger charge is 2.26. The second-order valence-corrected chi connectivity index (χ2v) is 6.75. The third-order valence-electron chi connectivity index (χ3n) is 5.27. The Bertz CT molecular complexity index is 174. The fourth-order valence-electron chi connectivity index (χ4n) is 3.97. The maximum atomic E-state index is 2.46. The topological polar surface area (TPSA) is 0 Å². The van der Waals surface area contributed by atoms with Gasteiger partial charge in [-0.15, -0.1) is 0 Å². The summed E-state index contributed by atoms with van der Waals surface area (Å²) in [7, 11) is 0. The molecule has 0 heterocycles. The van der Waals surface area contributed by atoms with Gasteiger partial charge in [0.15, 0.2) is 0 Å². The first-order chi connectivity index (χ1) is 9.75. The Morgan fingerprint density at radius 3 is 1.15 bits per heavy atom. The Labute approximate surface area is 130 Å². The van der Waals surface area contributed by atoms with Crippen molar-refractivity contribution in [1.29, 1.82) is 0 Å². The SMILES string of the molecule is CC.CC.CC1CCCC(C2CCCC(C)CC2)CC1. The highest BCUT2D eigenvalue weighted by Crippen LogP contribution is 2.38. The van der Waals surface area contributed by atoms with Crippen LogP contribution in [0.5, 0.6) is 0 Å². The maximum absolute atomic E-state index is 2.46. The van der Waals surface area contributed by atoms with E-state index in [4.69, 9.17) is 0 Å². The van der Waals surface area contributed by atoms with E-state index in [1.54, 1.807) is 25.7 Å². The Morgan fingerprint density at radius 2 is 0.800 bits per heavy atom. The first-order valence-electron chi connectivity index (χ1n) is 9.75. The molecule has 2 rings (SSSR count). The van der Waals surface area contributed by atoms with Crippen molar-refractivity contribution in [3.8, 4) is 0 Å². The van der Waals surface area contributed by atoms with Crippen molar-refractivity contribution in [3.63, 3.8) is 0 Å². The smallest absolute Gasteiger partial charge is 0.0386 e. The highest BCUT2D eigenvalue weighted by atomic mass is 14.3. The van der Waals surface area contributed by atoms with Gasteiger partial charge < -0.3 is 0 Å². The van der Waals surface area contributed by atoms with E-state index in [-0.39, 0.29) is 0 Å². The minimum absolute atomic E-state index is 1.01. The van der Waals surface area contributed by atoms with Crippen LogP contribution in [0, 0.1) is 23.7 Å². The van der Waals surface area contributed by atoms with Gasteiger partial charge in [-0.3, -0.25) is 0 Å². The summed E-state index contributed by atoms with van der Waals surface area (Å²) in [6.45, 7) is 12.9. The molecule has 0 aromatic heterocycles. The Hall–Kier alpha value is 0. The molecule has 0 aromatic carbocycles. The lowest BCUT2D eigenvalue weighted by Crippen LogP contribution is -2.13. The lowest BCUT2D eigenvalue weighted by atomic mass is 9.81. The van der Waals surface area contributed by atoms with Crippen LogP contribution < -0.4 is 0 Å². The zero-order valence-electron chi connectivity index (χ0n) is 15.4. The molecule has 4 atom stereocenters. The Morgan fingerprint density at radius 1 is 0.450 bits per heavy atom. The summed E-state index contributed by atoms with van der Waals surface area (Å²) in [4.78, 5) is 0. The van der Waals surface area contributed by atoms with Gasteiger partial charge in [-0.05, 0) is 36.5 Å². The van der Waals surface area contributed by atoms with Gasteiger partial charge in [0.25, 0.3) is 0 Å². The van der Waals surface area contributed by atoms with E-state index in [0.717, 1.165) is 23.7 Å². The molecule has 20 heavy (non-hydrogen) atoms. The standard InChI is InChI=1S/C16H30.2C2H6/c1-13-5-3-7-15(11-9-13)16-8-4-6-14(2)10-12-16;2*1-2/h13-16H,3-12H2,1-2H3;2*1-2H3. The van der Waals surface area contributed by atoms with E-state index in [9.17, 15) is 0 Å². The van der Waals surface area contributed by atoms with Gasteiger partial charge in [-0.2, -0.15) is 0 Å². The van der Waals surface area contributed by atoms with E-state index in [0.29, 0.717) is 0 Å². The van der Waals surface area contributed by atoms with Crippen LogP contribution >= 0.6 is 0 Å². The minimum Gasteiger partial charge on any atom is -0.0683 e. The molecule has 0 heteroatoms. The molecular weight excluding hydrogens is 240 g/mol. The molecule has 2 fully saturated rings. The van der Waals surface area contributed by atoms with E-state index >= 15 is 0 Å². The first-order valence-corrected chi connectivity index (χ1v) is 9.75. The van der Waals surface area contributed by atoms with Crippen molar-refractivity contribution in [2.45, 2.75) is 106 Å². The number of hydrogen-bond acceptors (Lipinski definition) is 0. The molecule has 0 N–H and O–H groups in total.